The van der Waals surface area contributed by atoms with Crippen molar-refractivity contribution in [2.45, 2.75) is 79.8 Å². The number of phenols is 1. The average Bonchev–Trinajstić information content (AvgIpc) is 2.79. The normalized spacial score (nSPS) is 17.4. The Morgan fingerprint density at radius 2 is 1.47 bits per heavy atom. The largest absolute Gasteiger partial charge is 0.508 e. The first kappa shape index (κ1) is 27.2. The van der Waals surface area contributed by atoms with Gasteiger partial charge in [-0.1, -0.05) is 40.5 Å². The van der Waals surface area contributed by atoms with Crippen LogP contribution in [0.25, 0.3) is 5.57 Å². The van der Waals surface area contributed by atoms with Crippen molar-refractivity contribution in [2.75, 3.05) is 0 Å². The van der Waals surface area contributed by atoms with Gasteiger partial charge in [0.15, 0.2) is 11.6 Å². The number of aromatic hydroxyl groups is 1. The van der Waals surface area contributed by atoms with E-state index >= 15 is 0 Å². The van der Waals surface area contributed by atoms with Crippen molar-refractivity contribution in [3.63, 3.8) is 0 Å². The SMILES string of the molecule is CC(C)=CCC/C(C)=C\C1Oc2c(C/C=C(\C)CCC=C(C)C)cc(O)cc2C2=C1C(=O)C=CC2=O. The van der Waals surface area contributed by atoms with Crippen LogP contribution >= 0.6 is 0 Å². The van der Waals surface area contributed by atoms with Crippen molar-refractivity contribution >= 4 is 17.1 Å². The van der Waals surface area contributed by atoms with E-state index in [1.165, 1.54) is 34.9 Å². The monoisotopic (exact) mass is 486 g/mol. The van der Waals surface area contributed by atoms with Crippen molar-refractivity contribution in [3.05, 3.63) is 87.6 Å². The third-order valence-electron chi connectivity index (χ3n) is 6.41. The molecule has 0 saturated carbocycles. The van der Waals surface area contributed by atoms with Crippen LogP contribution in [0.5, 0.6) is 11.5 Å². The molecule has 1 N–H and O–H groups in total. The van der Waals surface area contributed by atoms with Crippen LogP contribution in [-0.4, -0.2) is 22.8 Å². The van der Waals surface area contributed by atoms with E-state index in [0.29, 0.717) is 28.9 Å². The van der Waals surface area contributed by atoms with Crippen LogP contribution in [0.3, 0.4) is 0 Å². The Balaban J connectivity index is 2.00. The predicted molar refractivity (Wildman–Crippen MR) is 147 cm³/mol. The fourth-order valence-electron chi connectivity index (χ4n) is 4.50. The van der Waals surface area contributed by atoms with E-state index < -0.39 is 6.10 Å². The summed E-state index contributed by atoms with van der Waals surface area (Å²) < 4.78 is 6.44. The minimum absolute atomic E-state index is 0.0523. The lowest BCUT2D eigenvalue weighted by atomic mass is 9.82. The molecule has 4 heteroatoms. The van der Waals surface area contributed by atoms with E-state index in [9.17, 15) is 14.7 Å². The number of benzene rings is 1. The second-order valence-corrected chi connectivity index (χ2v) is 10.3. The van der Waals surface area contributed by atoms with Crippen molar-refractivity contribution in [2.24, 2.45) is 0 Å². The van der Waals surface area contributed by atoms with Gasteiger partial charge in [-0.2, -0.15) is 0 Å². The molecule has 0 aromatic heterocycles. The van der Waals surface area contributed by atoms with Gasteiger partial charge in [0.2, 0.25) is 0 Å². The number of ketones is 2. The Labute approximate surface area is 215 Å². The molecule has 0 amide bonds. The third-order valence-corrected chi connectivity index (χ3v) is 6.41. The summed E-state index contributed by atoms with van der Waals surface area (Å²) in [5, 5.41) is 10.5. The van der Waals surface area contributed by atoms with E-state index in [2.05, 4.69) is 52.8 Å². The quantitative estimate of drug-likeness (QED) is 0.289. The number of carbonyl (C=O) groups is 2. The number of ether oxygens (including phenoxy) is 1. The summed E-state index contributed by atoms with van der Waals surface area (Å²) in [5.74, 6) is 0.152. The van der Waals surface area contributed by atoms with Gasteiger partial charge in [-0.15, -0.1) is 0 Å². The first-order chi connectivity index (χ1) is 17.1. The maximum atomic E-state index is 13.0. The Hall–Kier alpha value is -3.40. The summed E-state index contributed by atoms with van der Waals surface area (Å²) in [6, 6.07) is 3.23. The topological polar surface area (TPSA) is 63.6 Å². The van der Waals surface area contributed by atoms with Gasteiger partial charge in [0.25, 0.3) is 0 Å². The Morgan fingerprint density at radius 3 is 2.11 bits per heavy atom. The summed E-state index contributed by atoms with van der Waals surface area (Å²) >= 11 is 0. The minimum Gasteiger partial charge on any atom is -0.508 e. The summed E-state index contributed by atoms with van der Waals surface area (Å²) in [5.41, 5.74) is 6.89. The average molecular weight is 487 g/mol. The van der Waals surface area contributed by atoms with Gasteiger partial charge in [-0.3, -0.25) is 9.59 Å². The molecule has 2 aliphatic rings. The Kier molecular flexibility index (Phi) is 9.08. The number of hydrogen-bond acceptors (Lipinski definition) is 4. The van der Waals surface area contributed by atoms with Crippen molar-refractivity contribution in [3.8, 4) is 11.5 Å². The molecule has 1 unspecified atom stereocenters. The highest BCUT2D eigenvalue weighted by Crippen LogP contribution is 2.43. The maximum Gasteiger partial charge on any atom is 0.187 e. The molecule has 190 valence electrons. The molecule has 0 spiro atoms. The van der Waals surface area contributed by atoms with Crippen LogP contribution in [0.4, 0.5) is 0 Å². The highest BCUT2D eigenvalue weighted by atomic mass is 16.5. The van der Waals surface area contributed by atoms with E-state index in [-0.39, 0.29) is 17.3 Å². The fraction of sp³-hybridized carbons (Fsp3) is 0.375. The molecule has 3 rings (SSSR count). The lowest BCUT2D eigenvalue weighted by Gasteiger charge is -2.31. The van der Waals surface area contributed by atoms with Crippen LogP contribution in [-0.2, 0) is 16.0 Å². The summed E-state index contributed by atoms with van der Waals surface area (Å²) in [6.07, 6.45) is 14.7. The molecule has 4 nitrogen and oxygen atoms in total. The van der Waals surface area contributed by atoms with Crippen molar-refractivity contribution < 1.29 is 19.4 Å². The minimum atomic E-state index is -0.647. The van der Waals surface area contributed by atoms with Gasteiger partial charge < -0.3 is 9.84 Å². The number of hydrogen-bond donors (Lipinski definition) is 1. The highest BCUT2D eigenvalue weighted by molar-refractivity contribution is 6.37. The zero-order chi connectivity index (χ0) is 26.4. The van der Waals surface area contributed by atoms with Gasteiger partial charge in [-0.05, 0) is 104 Å². The number of fused-ring (bicyclic) bond motifs is 2. The fourth-order valence-corrected chi connectivity index (χ4v) is 4.50. The van der Waals surface area contributed by atoms with E-state index in [1.54, 1.807) is 6.07 Å². The van der Waals surface area contributed by atoms with E-state index in [1.807, 2.05) is 13.0 Å². The maximum absolute atomic E-state index is 13.0. The van der Waals surface area contributed by atoms with Crippen molar-refractivity contribution in [1.82, 2.24) is 0 Å². The third kappa shape index (κ3) is 6.84. The molecular formula is C32H38O4. The smallest absolute Gasteiger partial charge is 0.187 e. The molecule has 36 heavy (non-hydrogen) atoms. The van der Waals surface area contributed by atoms with Crippen LogP contribution in [0, 0.1) is 0 Å². The highest BCUT2D eigenvalue weighted by Gasteiger charge is 2.37. The zero-order valence-corrected chi connectivity index (χ0v) is 22.4. The van der Waals surface area contributed by atoms with Crippen molar-refractivity contribution in [1.29, 1.82) is 0 Å². The molecule has 0 radical (unpaired) electrons. The molecule has 0 bridgehead atoms. The summed E-state index contributed by atoms with van der Waals surface area (Å²) in [6.45, 7) is 12.5. The molecule has 1 aromatic carbocycles. The summed E-state index contributed by atoms with van der Waals surface area (Å²) in [4.78, 5) is 25.9. The molecule has 1 atom stereocenters. The Morgan fingerprint density at radius 1 is 0.861 bits per heavy atom. The lowest BCUT2D eigenvalue weighted by molar-refractivity contribution is -0.114. The Bertz CT molecular complexity index is 1220. The number of rotatable bonds is 9. The van der Waals surface area contributed by atoms with Gasteiger partial charge >= 0.3 is 0 Å². The molecular weight excluding hydrogens is 448 g/mol. The molecule has 1 heterocycles. The van der Waals surface area contributed by atoms with Crippen LogP contribution in [0.15, 0.2) is 76.5 Å². The van der Waals surface area contributed by atoms with Crippen LogP contribution in [0.2, 0.25) is 0 Å². The van der Waals surface area contributed by atoms with Gasteiger partial charge in [0, 0.05) is 16.7 Å². The predicted octanol–water partition coefficient (Wildman–Crippen LogP) is 7.54. The van der Waals surface area contributed by atoms with Gasteiger partial charge in [-0.25, -0.2) is 0 Å². The first-order valence-electron chi connectivity index (χ1n) is 12.7. The number of allylic oxidation sites excluding steroid dienone is 10. The van der Waals surface area contributed by atoms with Gasteiger partial charge in [0.05, 0.1) is 5.57 Å². The second-order valence-electron chi connectivity index (χ2n) is 10.3. The molecule has 1 aliphatic heterocycles. The van der Waals surface area contributed by atoms with E-state index in [0.717, 1.165) is 36.8 Å². The zero-order valence-electron chi connectivity index (χ0n) is 22.4. The number of phenolic OH excluding ortho intramolecular Hbond substituents is 1. The first-order valence-corrected chi connectivity index (χ1v) is 12.7. The lowest BCUT2D eigenvalue weighted by Crippen LogP contribution is -2.31. The van der Waals surface area contributed by atoms with Gasteiger partial charge in [0.1, 0.15) is 17.6 Å². The molecule has 0 fully saturated rings. The second kappa shape index (κ2) is 12.0. The standard InChI is InChI=1S/C32H38O4/c1-20(2)9-7-11-22(5)13-14-24-18-25(33)19-26-30-27(34)15-16-28(35)31(30)29(36-32(24)26)17-23(6)12-8-10-21(3)4/h9-10,13,15-19,29,33H,7-8,11-12,14H2,1-6H3/b22-13+,23-17-. The molecule has 0 saturated heterocycles. The van der Waals surface area contributed by atoms with Crippen LogP contribution in [0.1, 0.15) is 78.4 Å². The number of carbonyl (C=O) groups excluding carboxylic acids is 2. The van der Waals surface area contributed by atoms with Crippen LogP contribution < -0.4 is 4.74 Å². The van der Waals surface area contributed by atoms with E-state index in [4.69, 9.17) is 4.74 Å². The molecule has 1 aromatic rings. The molecule has 1 aliphatic carbocycles. The summed E-state index contributed by atoms with van der Waals surface area (Å²) in [7, 11) is 0.